The molecule has 0 spiro atoms. The Balaban J connectivity index is 2.07. The van der Waals surface area contributed by atoms with Crippen molar-refractivity contribution in [2.24, 2.45) is 17.8 Å². The summed E-state index contributed by atoms with van der Waals surface area (Å²) in [6.45, 7) is 12.6. The highest BCUT2D eigenvalue weighted by Crippen LogP contribution is 2.22. The second-order valence-electron chi connectivity index (χ2n) is 5.15. The van der Waals surface area contributed by atoms with Crippen molar-refractivity contribution in [2.45, 2.75) is 34.1 Å². The molecule has 0 radical (unpaired) electrons. The topological polar surface area (TPSA) is 3.24 Å². The van der Waals surface area contributed by atoms with E-state index in [1.807, 2.05) is 0 Å². The molecule has 0 amide bonds. The summed E-state index contributed by atoms with van der Waals surface area (Å²) < 4.78 is 0. The number of likely N-dealkylation sites (tertiary alicyclic amines) is 1. The highest BCUT2D eigenvalue weighted by molar-refractivity contribution is 5.03. The van der Waals surface area contributed by atoms with Gasteiger partial charge in [0.05, 0.1) is 6.54 Å². The van der Waals surface area contributed by atoms with Gasteiger partial charge in [0.15, 0.2) is 0 Å². The van der Waals surface area contributed by atoms with Gasteiger partial charge in [0, 0.05) is 19.5 Å². The van der Waals surface area contributed by atoms with Crippen LogP contribution in [0.25, 0.3) is 0 Å². The highest BCUT2D eigenvalue weighted by Gasteiger charge is 2.27. The molecular weight excluding hydrogens is 170 g/mol. The van der Waals surface area contributed by atoms with E-state index >= 15 is 0 Å². The highest BCUT2D eigenvalue weighted by atomic mass is 15.2. The standard InChI is InChI=1S/C13H23N/c1-11(2)7-5-6-8-14-9-13(10-14)12(3)4/h11-13H,7-10H2,1-4H3. The van der Waals surface area contributed by atoms with Crippen LogP contribution in [0.1, 0.15) is 34.1 Å². The minimum atomic E-state index is 0.710. The van der Waals surface area contributed by atoms with Crippen molar-refractivity contribution in [2.75, 3.05) is 19.6 Å². The molecule has 14 heavy (non-hydrogen) atoms. The van der Waals surface area contributed by atoms with Gasteiger partial charge in [-0.25, -0.2) is 0 Å². The average Bonchev–Trinajstić information content (AvgIpc) is 1.98. The zero-order valence-electron chi connectivity index (χ0n) is 10.0. The van der Waals surface area contributed by atoms with Gasteiger partial charge in [-0.2, -0.15) is 0 Å². The molecular formula is C13H23N. The summed E-state index contributed by atoms with van der Waals surface area (Å²) in [5.41, 5.74) is 0. The molecule has 0 N–H and O–H groups in total. The fraction of sp³-hybridized carbons (Fsp3) is 0.846. The van der Waals surface area contributed by atoms with Crippen molar-refractivity contribution in [3.63, 3.8) is 0 Å². The first-order chi connectivity index (χ1) is 6.59. The first-order valence-electron chi connectivity index (χ1n) is 5.77. The maximum atomic E-state index is 3.25. The van der Waals surface area contributed by atoms with Crippen LogP contribution in [0, 0.1) is 29.6 Å². The quantitative estimate of drug-likeness (QED) is 0.623. The fourth-order valence-corrected chi connectivity index (χ4v) is 1.60. The molecule has 0 aliphatic carbocycles. The van der Waals surface area contributed by atoms with E-state index in [2.05, 4.69) is 44.4 Å². The van der Waals surface area contributed by atoms with Gasteiger partial charge in [0.25, 0.3) is 0 Å². The van der Waals surface area contributed by atoms with Gasteiger partial charge in [0.2, 0.25) is 0 Å². The van der Waals surface area contributed by atoms with Crippen LogP contribution in [-0.2, 0) is 0 Å². The SMILES string of the molecule is CC(C)CC#CCN1CC(C(C)C)C1. The molecule has 0 aromatic rings. The molecule has 0 bridgehead atoms. The number of hydrogen-bond donors (Lipinski definition) is 0. The van der Waals surface area contributed by atoms with Crippen LogP contribution >= 0.6 is 0 Å². The third-order valence-corrected chi connectivity index (χ3v) is 2.87. The summed E-state index contributed by atoms with van der Waals surface area (Å²) in [6.07, 6.45) is 1.04. The van der Waals surface area contributed by atoms with Crippen LogP contribution in [0.3, 0.4) is 0 Å². The number of nitrogens with zero attached hydrogens (tertiary/aromatic N) is 1. The van der Waals surface area contributed by atoms with Crippen LogP contribution in [0.2, 0.25) is 0 Å². The molecule has 1 rings (SSSR count). The van der Waals surface area contributed by atoms with Crippen molar-refractivity contribution in [1.29, 1.82) is 0 Å². The fourth-order valence-electron chi connectivity index (χ4n) is 1.60. The summed E-state index contributed by atoms with van der Waals surface area (Å²) in [5, 5.41) is 0. The first kappa shape index (κ1) is 11.6. The molecule has 0 saturated carbocycles. The molecule has 1 heteroatoms. The Kier molecular flexibility index (Phi) is 4.48. The normalized spacial score (nSPS) is 18.1. The minimum absolute atomic E-state index is 0.710. The maximum Gasteiger partial charge on any atom is 0.0601 e. The van der Waals surface area contributed by atoms with Gasteiger partial charge in [-0.15, -0.1) is 5.92 Å². The molecule has 1 saturated heterocycles. The molecule has 0 unspecified atom stereocenters. The van der Waals surface area contributed by atoms with E-state index in [0.717, 1.165) is 24.8 Å². The predicted molar refractivity (Wildman–Crippen MR) is 62.0 cm³/mol. The van der Waals surface area contributed by atoms with E-state index in [1.54, 1.807) is 0 Å². The largest absolute Gasteiger partial charge is 0.292 e. The van der Waals surface area contributed by atoms with Crippen LogP contribution in [-0.4, -0.2) is 24.5 Å². The molecule has 80 valence electrons. The zero-order valence-corrected chi connectivity index (χ0v) is 10.0. The Hall–Kier alpha value is -0.480. The lowest BCUT2D eigenvalue weighted by Gasteiger charge is -2.40. The molecule has 1 fully saturated rings. The summed E-state index contributed by atoms with van der Waals surface area (Å²) in [6, 6.07) is 0. The lowest BCUT2D eigenvalue weighted by molar-refractivity contribution is 0.0831. The van der Waals surface area contributed by atoms with Gasteiger partial charge >= 0.3 is 0 Å². The Morgan fingerprint density at radius 2 is 1.79 bits per heavy atom. The van der Waals surface area contributed by atoms with Crippen molar-refractivity contribution >= 4 is 0 Å². The predicted octanol–water partition coefficient (Wildman–Crippen LogP) is 2.62. The molecule has 0 aromatic carbocycles. The molecule has 1 nitrogen and oxygen atoms in total. The van der Waals surface area contributed by atoms with E-state index < -0.39 is 0 Å². The maximum absolute atomic E-state index is 3.25. The van der Waals surface area contributed by atoms with Gasteiger partial charge < -0.3 is 0 Å². The zero-order chi connectivity index (χ0) is 10.6. The van der Waals surface area contributed by atoms with Crippen LogP contribution in [0.15, 0.2) is 0 Å². The molecule has 1 heterocycles. The number of rotatable bonds is 3. The van der Waals surface area contributed by atoms with E-state index in [0.29, 0.717) is 5.92 Å². The summed E-state index contributed by atoms with van der Waals surface area (Å²) in [4.78, 5) is 2.44. The average molecular weight is 193 g/mol. The van der Waals surface area contributed by atoms with E-state index in [1.165, 1.54) is 13.1 Å². The molecule has 0 atom stereocenters. The molecule has 1 aliphatic rings. The minimum Gasteiger partial charge on any atom is -0.292 e. The van der Waals surface area contributed by atoms with E-state index in [9.17, 15) is 0 Å². The van der Waals surface area contributed by atoms with Crippen LogP contribution in [0.4, 0.5) is 0 Å². The Bertz CT molecular complexity index is 213. The third kappa shape index (κ3) is 3.72. The summed E-state index contributed by atoms with van der Waals surface area (Å²) in [7, 11) is 0. The Morgan fingerprint density at radius 3 is 2.29 bits per heavy atom. The number of hydrogen-bond acceptors (Lipinski definition) is 1. The van der Waals surface area contributed by atoms with Gasteiger partial charge in [0.1, 0.15) is 0 Å². The second kappa shape index (κ2) is 5.41. The van der Waals surface area contributed by atoms with Crippen LogP contribution < -0.4 is 0 Å². The van der Waals surface area contributed by atoms with Crippen molar-refractivity contribution in [1.82, 2.24) is 4.90 Å². The van der Waals surface area contributed by atoms with Gasteiger partial charge in [-0.3, -0.25) is 4.90 Å². The first-order valence-corrected chi connectivity index (χ1v) is 5.77. The summed E-state index contributed by atoms with van der Waals surface area (Å²) in [5.74, 6) is 8.96. The molecule has 1 aliphatic heterocycles. The van der Waals surface area contributed by atoms with E-state index in [-0.39, 0.29) is 0 Å². The Morgan fingerprint density at radius 1 is 1.14 bits per heavy atom. The molecule has 0 aromatic heterocycles. The van der Waals surface area contributed by atoms with Gasteiger partial charge in [-0.1, -0.05) is 33.6 Å². The lowest BCUT2D eigenvalue weighted by Crippen LogP contribution is -2.48. The Labute approximate surface area is 88.9 Å². The smallest absolute Gasteiger partial charge is 0.0601 e. The summed E-state index contributed by atoms with van der Waals surface area (Å²) >= 11 is 0. The lowest BCUT2D eigenvalue weighted by atomic mass is 9.88. The van der Waals surface area contributed by atoms with E-state index in [4.69, 9.17) is 0 Å². The van der Waals surface area contributed by atoms with Crippen LogP contribution in [0.5, 0.6) is 0 Å². The van der Waals surface area contributed by atoms with Gasteiger partial charge in [-0.05, 0) is 17.8 Å². The van der Waals surface area contributed by atoms with Crippen molar-refractivity contribution in [3.05, 3.63) is 0 Å². The second-order valence-corrected chi connectivity index (χ2v) is 5.15. The van der Waals surface area contributed by atoms with Crippen molar-refractivity contribution in [3.8, 4) is 11.8 Å². The van der Waals surface area contributed by atoms with Crippen molar-refractivity contribution < 1.29 is 0 Å². The third-order valence-electron chi connectivity index (χ3n) is 2.87. The monoisotopic (exact) mass is 193 g/mol.